The van der Waals surface area contributed by atoms with Crippen LogP contribution in [0.25, 0.3) is 0 Å². The Morgan fingerprint density at radius 3 is 1.80 bits per heavy atom. The van der Waals surface area contributed by atoms with Crippen LogP contribution in [0, 0.1) is 10.1 Å². The molecule has 10 heteroatoms. The molecule has 0 N–H and O–H groups in total. The molecule has 10 nitrogen and oxygen atoms in total. The zero-order valence-electron chi connectivity index (χ0n) is 23.1. The molecule has 3 aromatic carbocycles. The summed E-state index contributed by atoms with van der Waals surface area (Å²) in [5, 5.41) is 12.5. The third-order valence-electron chi connectivity index (χ3n) is 6.69. The van der Waals surface area contributed by atoms with E-state index in [-0.39, 0.29) is 19.8 Å². The lowest BCUT2D eigenvalue weighted by molar-refractivity contribution is -0.577. The average Bonchev–Trinajstić information content (AvgIpc) is 3.00. The van der Waals surface area contributed by atoms with Gasteiger partial charge in [0.15, 0.2) is 12.2 Å². The van der Waals surface area contributed by atoms with Crippen LogP contribution in [0.15, 0.2) is 91.0 Å². The summed E-state index contributed by atoms with van der Waals surface area (Å²) >= 11 is 0. The zero-order chi connectivity index (χ0) is 29.0. The summed E-state index contributed by atoms with van der Waals surface area (Å²) < 4.78 is 35.2. The summed E-state index contributed by atoms with van der Waals surface area (Å²) in [7, 11) is 1.22. The van der Waals surface area contributed by atoms with Gasteiger partial charge in [-0.3, -0.25) is 10.1 Å². The van der Waals surface area contributed by atoms with E-state index in [1.807, 2.05) is 91.0 Å². The number of nitrogens with zero attached hydrogens (tertiary/aromatic N) is 1. The third-order valence-corrected chi connectivity index (χ3v) is 6.69. The molecule has 0 aliphatic carbocycles. The van der Waals surface area contributed by atoms with E-state index in [0.29, 0.717) is 6.61 Å². The Balaban J connectivity index is 1.62. The smallest absolute Gasteiger partial charge is 0.334 e. The minimum Gasteiger partial charge on any atom is -0.467 e. The van der Waals surface area contributed by atoms with Crippen molar-refractivity contribution in [2.24, 2.45) is 0 Å². The highest BCUT2D eigenvalue weighted by Gasteiger charge is 2.55. The maximum absolute atomic E-state index is 12.5. The van der Waals surface area contributed by atoms with Gasteiger partial charge in [0.25, 0.3) is 6.04 Å². The Kier molecular flexibility index (Phi) is 11.4. The van der Waals surface area contributed by atoms with Crippen LogP contribution in [-0.4, -0.2) is 61.4 Å². The van der Waals surface area contributed by atoms with E-state index in [1.54, 1.807) is 0 Å². The first-order chi connectivity index (χ1) is 20.0. The van der Waals surface area contributed by atoms with Gasteiger partial charge in [0.1, 0.15) is 12.2 Å². The highest BCUT2D eigenvalue weighted by atomic mass is 16.7. The Morgan fingerprint density at radius 1 is 0.829 bits per heavy atom. The molecule has 0 aromatic heterocycles. The number of ether oxygens (including phenoxy) is 6. The lowest BCUT2D eigenvalue weighted by atomic mass is 9.96. The third kappa shape index (κ3) is 8.66. The lowest BCUT2D eigenvalue weighted by Crippen LogP contribution is -2.64. The zero-order valence-corrected chi connectivity index (χ0v) is 23.1. The van der Waals surface area contributed by atoms with Crippen LogP contribution in [0.2, 0.25) is 0 Å². The first kappa shape index (κ1) is 30.3. The number of nitro groups is 1. The van der Waals surface area contributed by atoms with Gasteiger partial charge >= 0.3 is 5.97 Å². The quantitative estimate of drug-likeness (QED) is 0.160. The maximum atomic E-state index is 12.5. The number of methoxy groups -OCH3 is 1. The first-order valence-corrected chi connectivity index (χ1v) is 13.4. The van der Waals surface area contributed by atoms with Gasteiger partial charge in [0.05, 0.1) is 33.5 Å². The van der Waals surface area contributed by atoms with Crippen molar-refractivity contribution >= 4 is 5.97 Å². The molecule has 0 radical (unpaired) electrons. The minimum absolute atomic E-state index is 0.0381. The van der Waals surface area contributed by atoms with Crippen molar-refractivity contribution in [3.05, 3.63) is 118 Å². The van der Waals surface area contributed by atoms with Crippen molar-refractivity contribution in [1.82, 2.24) is 0 Å². The van der Waals surface area contributed by atoms with Crippen LogP contribution in [0.1, 0.15) is 23.6 Å². The van der Waals surface area contributed by atoms with Gasteiger partial charge in [0, 0.05) is 4.92 Å². The van der Waals surface area contributed by atoms with Crippen molar-refractivity contribution in [2.75, 3.05) is 13.7 Å². The maximum Gasteiger partial charge on any atom is 0.334 e. The van der Waals surface area contributed by atoms with Gasteiger partial charge in [-0.1, -0.05) is 91.0 Å². The van der Waals surface area contributed by atoms with Crippen molar-refractivity contribution in [2.45, 2.75) is 63.5 Å². The number of carbonyl (C=O) groups excluding carboxylic acids is 1. The Labute approximate surface area is 239 Å². The number of esters is 1. The van der Waals surface area contributed by atoms with E-state index in [2.05, 4.69) is 0 Å². The Morgan fingerprint density at radius 2 is 1.32 bits per heavy atom. The van der Waals surface area contributed by atoms with Gasteiger partial charge in [-0.15, -0.1) is 0 Å². The van der Waals surface area contributed by atoms with Gasteiger partial charge in [0.2, 0.25) is 6.29 Å². The lowest BCUT2D eigenvalue weighted by Gasteiger charge is -2.42. The summed E-state index contributed by atoms with van der Waals surface area (Å²) in [5.74, 6) is -0.684. The second-order valence-corrected chi connectivity index (χ2v) is 9.64. The fourth-order valence-corrected chi connectivity index (χ4v) is 4.58. The summed E-state index contributed by atoms with van der Waals surface area (Å²) in [6.45, 7) is 2.05. The van der Waals surface area contributed by atoms with Crippen molar-refractivity contribution in [3.63, 3.8) is 0 Å². The Bertz CT molecular complexity index is 1210. The molecule has 1 saturated heterocycles. The van der Waals surface area contributed by atoms with E-state index >= 15 is 0 Å². The monoisotopic (exact) mass is 565 g/mol. The molecule has 1 fully saturated rings. The van der Waals surface area contributed by atoms with E-state index < -0.39 is 47.6 Å². The first-order valence-electron chi connectivity index (χ1n) is 13.4. The number of hydrogen-bond acceptors (Lipinski definition) is 9. The van der Waals surface area contributed by atoms with Gasteiger partial charge in [-0.25, -0.2) is 4.79 Å². The van der Waals surface area contributed by atoms with Crippen molar-refractivity contribution < 1.29 is 38.1 Å². The molecule has 3 aromatic rings. The minimum atomic E-state index is -1.50. The predicted octanol–water partition coefficient (Wildman–Crippen LogP) is 4.32. The summed E-state index contributed by atoms with van der Waals surface area (Å²) in [4.78, 5) is 24.1. The van der Waals surface area contributed by atoms with Crippen LogP contribution in [-0.2, 0) is 53.0 Å². The number of benzene rings is 3. The van der Waals surface area contributed by atoms with Crippen LogP contribution in [0.4, 0.5) is 0 Å². The second-order valence-electron chi connectivity index (χ2n) is 9.64. The molecule has 1 aliphatic heterocycles. The summed E-state index contributed by atoms with van der Waals surface area (Å²) in [6, 6.07) is 26.9. The van der Waals surface area contributed by atoms with Gasteiger partial charge < -0.3 is 28.4 Å². The number of rotatable bonds is 14. The molecule has 0 saturated carbocycles. The topological polar surface area (TPSA) is 116 Å². The normalized spacial score (nSPS) is 23.0. The SMILES string of the molecule is COC(=O)[C@H](C)O[C@H]1O[C@H](COCc2ccccc2)[C@@H](OCc2ccccc2)[C@H](OCc2ccccc2)[C@H]1[N+](=O)[O-]. The summed E-state index contributed by atoms with van der Waals surface area (Å²) in [5.41, 5.74) is 2.67. The van der Waals surface area contributed by atoms with E-state index in [0.717, 1.165) is 16.7 Å². The van der Waals surface area contributed by atoms with Crippen molar-refractivity contribution in [1.29, 1.82) is 0 Å². The number of hydrogen-bond donors (Lipinski definition) is 0. The molecule has 1 aliphatic rings. The predicted molar refractivity (Wildman–Crippen MR) is 148 cm³/mol. The van der Waals surface area contributed by atoms with Crippen LogP contribution in [0.3, 0.4) is 0 Å². The van der Waals surface area contributed by atoms with Crippen LogP contribution >= 0.6 is 0 Å². The molecule has 0 bridgehead atoms. The van der Waals surface area contributed by atoms with Crippen molar-refractivity contribution in [3.8, 4) is 0 Å². The molecular weight excluding hydrogens is 530 g/mol. The molecule has 6 atom stereocenters. The summed E-state index contributed by atoms with van der Waals surface area (Å²) in [6.07, 6.45) is -5.34. The molecular formula is C31H35NO9. The Hall–Kier alpha value is -3.67. The molecule has 4 rings (SSSR count). The molecule has 41 heavy (non-hydrogen) atoms. The highest BCUT2D eigenvalue weighted by molar-refractivity contribution is 5.73. The average molecular weight is 566 g/mol. The fraction of sp³-hybridized carbons (Fsp3) is 0.387. The highest BCUT2D eigenvalue weighted by Crippen LogP contribution is 2.31. The second kappa shape index (κ2) is 15.4. The van der Waals surface area contributed by atoms with E-state index in [4.69, 9.17) is 28.4 Å². The molecule has 1 heterocycles. The molecule has 0 spiro atoms. The number of carbonyl (C=O) groups is 1. The van der Waals surface area contributed by atoms with E-state index in [1.165, 1.54) is 14.0 Å². The molecule has 0 amide bonds. The van der Waals surface area contributed by atoms with E-state index in [9.17, 15) is 14.9 Å². The van der Waals surface area contributed by atoms with Gasteiger partial charge in [-0.2, -0.15) is 0 Å². The molecule has 0 unspecified atom stereocenters. The molecule has 218 valence electrons. The van der Waals surface area contributed by atoms with Gasteiger partial charge in [-0.05, 0) is 23.6 Å². The van der Waals surface area contributed by atoms with Crippen LogP contribution < -0.4 is 0 Å². The standard InChI is InChI=1S/C31H35NO9/c1-22(30(33)36-2)40-31-27(32(34)35)29(39-20-25-16-10-5-11-17-25)28(38-19-24-14-8-4-9-15-24)26(41-31)21-37-18-23-12-6-3-7-13-23/h3-17,22,26-29,31H,18-21H2,1-2H3/t22-,26+,27+,28+,29+,31-/m0/s1. The van der Waals surface area contributed by atoms with Crippen LogP contribution in [0.5, 0.6) is 0 Å². The fourth-order valence-electron chi connectivity index (χ4n) is 4.58. The largest absolute Gasteiger partial charge is 0.467 e.